The molecule has 4 aliphatic carbocycles. The van der Waals surface area contributed by atoms with Crippen molar-refractivity contribution in [2.24, 2.45) is 52.3 Å². The molecule has 0 aromatic carbocycles. The molecule has 6 fully saturated rings. The fourth-order valence-corrected chi connectivity index (χ4v) is 12.9. The summed E-state index contributed by atoms with van der Waals surface area (Å²) in [5.41, 5.74) is -3.01. The number of methoxy groups -OCH3 is 2. The second-order valence-corrected chi connectivity index (χ2v) is 19.9. The van der Waals surface area contributed by atoms with E-state index in [4.69, 9.17) is 32.6 Å². The van der Waals surface area contributed by atoms with E-state index in [0.717, 1.165) is 0 Å². The Labute approximate surface area is 341 Å². The van der Waals surface area contributed by atoms with Crippen molar-refractivity contribution in [2.45, 2.75) is 152 Å². The summed E-state index contributed by atoms with van der Waals surface area (Å²) in [4.78, 5) is 0. The van der Waals surface area contributed by atoms with Gasteiger partial charge in [-0.2, -0.15) is 8.42 Å². The van der Waals surface area contributed by atoms with Gasteiger partial charge < -0.3 is 64.2 Å². The molecule has 8 N–H and O–H groups in total. The third-order valence-electron chi connectivity index (χ3n) is 15.4. The minimum absolute atomic E-state index is 0.0227. The Morgan fingerprint density at radius 3 is 2.17 bits per heavy atom. The molecule has 2 aliphatic heterocycles. The topological polar surface area (TPSA) is 261 Å². The SMILES string of the molecule is COC1COC(OC2C(OC[C@@H](/C=C/[C@@H](C)[C@H]3CC(O)C4[C@]5(O)CC(OS(=O)(=O)O)C6[C@@H](O)[C@@H](O)CC[C@]6(C)C5CC[C@@]43C)C(C)C)OC(CO)C2O)C(OC)C1O. The fourth-order valence-electron chi connectivity index (χ4n) is 12.4. The monoisotopic (exact) mass is 852 g/mol. The van der Waals surface area contributed by atoms with Gasteiger partial charge in [0.05, 0.1) is 49.8 Å². The van der Waals surface area contributed by atoms with Crippen molar-refractivity contribution < 1.29 is 81.3 Å². The second kappa shape index (κ2) is 17.7. The van der Waals surface area contributed by atoms with Gasteiger partial charge in [0.15, 0.2) is 12.6 Å². The Balaban J connectivity index is 1.17. The van der Waals surface area contributed by atoms with E-state index >= 15 is 0 Å². The smallest absolute Gasteiger partial charge is 0.394 e. The number of aliphatic hydroxyl groups excluding tert-OH is 6. The zero-order valence-corrected chi connectivity index (χ0v) is 35.5. The molecule has 2 saturated heterocycles. The molecule has 4 saturated carbocycles. The van der Waals surface area contributed by atoms with E-state index in [0.29, 0.717) is 25.7 Å². The summed E-state index contributed by atoms with van der Waals surface area (Å²) in [5, 5.41) is 78.2. The van der Waals surface area contributed by atoms with Crippen LogP contribution in [0.4, 0.5) is 0 Å². The average Bonchev–Trinajstić information content (AvgIpc) is 3.60. The molecule has 0 radical (unpaired) electrons. The first kappa shape index (κ1) is 46.6. The van der Waals surface area contributed by atoms with Crippen LogP contribution in [0.1, 0.15) is 73.1 Å². The zero-order chi connectivity index (χ0) is 42.7. The lowest BCUT2D eigenvalue weighted by Crippen LogP contribution is -2.71. The van der Waals surface area contributed by atoms with Gasteiger partial charge in [-0.1, -0.05) is 46.8 Å². The molecule has 58 heavy (non-hydrogen) atoms. The first-order chi connectivity index (χ1) is 27.1. The van der Waals surface area contributed by atoms with Crippen molar-refractivity contribution in [3.8, 4) is 0 Å². The van der Waals surface area contributed by atoms with E-state index in [9.17, 15) is 48.7 Å². The first-order valence-electron chi connectivity index (χ1n) is 20.8. The van der Waals surface area contributed by atoms with E-state index in [-0.39, 0.29) is 49.7 Å². The molecular formula is C40H68O17S. The number of fused-ring (bicyclic) bond motifs is 5. The highest BCUT2D eigenvalue weighted by Crippen LogP contribution is 2.70. The quantitative estimate of drug-likeness (QED) is 0.0877. The van der Waals surface area contributed by atoms with Gasteiger partial charge >= 0.3 is 10.4 Å². The standard InChI is InChI=1S/C40H68O17S/c1-19(2)21(17-53-37-34(31(45)26(16-41)55-37)56-36-33(52-7)32(46)27(51-6)18-54-36)9-8-20(3)22-14-24(43)35-38(22,4)13-11-28-39(5)12-10-23(42)30(44)29(39)25(15-40(28,35)47)57-58(48,49)50/h8-9,19-37,41-47H,10-18H2,1-7H3,(H,48,49,50)/b9-8+/t20-,21-,22-,23+,24?,25?,26?,27?,28?,29?,30+,31?,32?,33?,34?,35?,36?,37?,38-,39-,40+/m1/s1. The number of ether oxygens (including phenoxy) is 6. The van der Waals surface area contributed by atoms with Crippen LogP contribution in [0.15, 0.2) is 12.2 Å². The van der Waals surface area contributed by atoms with Crippen molar-refractivity contribution in [1.29, 1.82) is 0 Å². The Morgan fingerprint density at radius 1 is 0.862 bits per heavy atom. The highest BCUT2D eigenvalue weighted by atomic mass is 32.3. The summed E-state index contributed by atoms with van der Waals surface area (Å²) in [6.07, 6.45) is -6.65. The van der Waals surface area contributed by atoms with E-state index in [1.54, 1.807) is 0 Å². The number of rotatable bonds is 14. The van der Waals surface area contributed by atoms with Crippen LogP contribution < -0.4 is 0 Å². The Bertz CT molecular complexity index is 1530. The van der Waals surface area contributed by atoms with Crippen LogP contribution in [0.5, 0.6) is 0 Å². The number of hydrogen-bond donors (Lipinski definition) is 8. The molecule has 0 aromatic rings. The van der Waals surface area contributed by atoms with Crippen LogP contribution in [-0.4, -0.2) is 162 Å². The molecule has 336 valence electrons. The highest BCUT2D eigenvalue weighted by molar-refractivity contribution is 7.80. The predicted octanol–water partition coefficient (Wildman–Crippen LogP) is 0.552. The number of aliphatic hydroxyl groups is 7. The summed E-state index contributed by atoms with van der Waals surface area (Å²) >= 11 is 0. The van der Waals surface area contributed by atoms with Crippen LogP contribution in [0.3, 0.4) is 0 Å². The molecule has 6 aliphatic rings. The third kappa shape index (κ3) is 8.45. The van der Waals surface area contributed by atoms with Crippen LogP contribution in [0.2, 0.25) is 0 Å². The molecule has 0 spiro atoms. The maximum atomic E-state index is 12.8. The fraction of sp³-hybridized carbons (Fsp3) is 0.950. The van der Waals surface area contributed by atoms with E-state index in [1.165, 1.54) is 14.2 Å². The second-order valence-electron chi connectivity index (χ2n) is 18.8. The van der Waals surface area contributed by atoms with Crippen molar-refractivity contribution in [2.75, 3.05) is 34.0 Å². The summed E-state index contributed by atoms with van der Waals surface area (Å²) in [6.45, 7) is 9.82. The van der Waals surface area contributed by atoms with E-state index in [2.05, 4.69) is 26.0 Å². The molecule has 6 rings (SSSR count). The van der Waals surface area contributed by atoms with Crippen molar-refractivity contribution in [3.05, 3.63) is 12.2 Å². The molecule has 13 unspecified atom stereocenters. The predicted molar refractivity (Wildman–Crippen MR) is 204 cm³/mol. The largest absolute Gasteiger partial charge is 0.397 e. The van der Waals surface area contributed by atoms with E-state index in [1.807, 2.05) is 20.8 Å². The van der Waals surface area contributed by atoms with Gasteiger partial charge in [-0.25, -0.2) is 4.18 Å². The molecular weight excluding hydrogens is 784 g/mol. The zero-order valence-electron chi connectivity index (χ0n) is 34.6. The minimum atomic E-state index is -4.99. The van der Waals surface area contributed by atoms with Crippen LogP contribution in [0.25, 0.3) is 0 Å². The highest BCUT2D eigenvalue weighted by Gasteiger charge is 2.72. The van der Waals surface area contributed by atoms with Gasteiger partial charge in [-0.05, 0) is 66.6 Å². The normalized spacial score (nSPS) is 49.4. The Hall–Kier alpha value is -0.910. The van der Waals surface area contributed by atoms with Crippen molar-refractivity contribution >= 4 is 10.4 Å². The number of allylic oxidation sites excluding steroid dienone is 1. The average molecular weight is 853 g/mol. The molecule has 0 amide bonds. The van der Waals surface area contributed by atoms with E-state index < -0.39 is 125 Å². The summed E-state index contributed by atoms with van der Waals surface area (Å²) in [5.74, 6) is -2.17. The summed E-state index contributed by atoms with van der Waals surface area (Å²) in [6, 6.07) is 0. The molecule has 0 bridgehead atoms. The van der Waals surface area contributed by atoms with Gasteiger partial charge in [0, 0.05) is 38.4 Å². The molecule has 18 heteroatoms. The Morgan fingerprint density at radius 2 is 1.55 bits per heavy atom. The summed E-state index contributed by atoms with van der Waals surface area (Å²) in [7, 11) is -2.14. The number of hydrogen-bond acceptors (Lipinski definition) is 16. The molecule has 17 nitrogen and oxygen atoms in total. The third-order valence-corrected chi connectivity index (χ3v) is 15.9. The molecule has 0 aromatic heterocycles. The van der Waals surface area contributed by atoms with Gasteiger partial charge in [0.1, 0.15) is 36.6 Å². The minimum Gasteiger partial charge on any atom is -0.394 e. The first-order valence-corrected chi connectivity index (χ1v) is 22.2. The van der Waals surface area contributed by atoms with Crippen LogP contribution >= 0.6 is 0 Å². The molecule has 2 heterocycles. The summed E-state index contributed by atoms with van der Waals surface area (Å²) < 4.78 is 74.0. The Kier molecular flexibility index (Phi) is 14.2. The van der Waals surface area contributed by atoms with Crippen LogP contribution in [0, 0.1) is 52.3 Å². The van der Waals surface area contributed by atoms with Crippen molar-refractivity contribution in [3.63, 3.8) is 0 Å². The van der Waals surface area contributed by atoms with Crippen molar-refractivity contribution in [1.82, 2.24) is 0 Å². The van der Waals surface area contributed by atoms with Crippen LogP contribution in [-0.2, 0) is 43.0 Å². The molecule has 21 atom stereocenters. The lowest BCUT2D eigenvalue weighted by molar-refractivity contribution is -0.310. The van der Waals surface area contributed by atoms with Gasteiger partial charge in [-0.15, -0.1) is 0 Å². The maximum absolute atomic E-state index is 12.8. The van der Waals surface area contributed by atoms with Gasteiger partial charge in [0.25, 0.3) is 0 Å². The van der Waals surface area contributed by atoms with Gasteiger partial charge in [-0.3, -0.25) is 4.55 Å². The van der Waals surface area contributed by atoms with Gasteiger partial charge in [0.2, 0.25) is 0 Å². The maximum Gasteiger partial charge on any atom is 0.397 e. The lowest BCUT2D eigenvalue weighted by Gasteiger charge is -2.66. The lowest BCUT2D eigenvalue weighted by atomic mass is 9.41.